The zero-order chi connectivity index (χ0) is 26.2. The predicted molar refractivity (Wildman–Crippen MR) is 159 cm³/mol. The van der Waals surface area contributed by atoms with Crippen molar-refractivity contribution in [2.75, 3.05) is 18.5 Å². The molecule has 4 rings (SSSR count). The molecule has 0 bridgehead atoms. The van der Waals surface area contributed by atoms with Crippen molar-refractivity contribution in [1.82, 2.24) is 9.47 Å². The maximum absolute atomic E-state index is 6.10. The third-order valence-corrected chi connectivity index (χ3v) is 7.03. The van der Waals surface area contributed by atoms with Gasteiger partial charge < -0.3 is 19.5 Å². The Hall–Kier alpha value is -3.28. The van der Waals surface area contributed by atoms with Crippen LogP contribution in [0.25, 0.3) is 0 Å². The van der Waals surface area contributed by atoms with E-state index in [1.165, 1.54) is 27.9 Å². The van der Waals surface area contributed by atoms with E-state index in [4.69, 9.17) is 28.6 Å². The largest absolute Gasteiger partial charge is 0.492 e. The lowest BCUT2D eigenvalue weighted by Crippen LogP contribution is -2.36. The number of thiocarbonyl (C=S) groups is 1. The molecular formula is C31H34ClN3OS. The molecule has 0 aliphatic carbocycles. The minimum absolute atomic E-state index is 0.595. The second-order valence-corrected chi connectivity index (χ2v) is 10.0. The van der Waals surface area contributed by atoms with Crippen molar-refractivity contribution < 1.29 is 4.74 Å². The molecule has 6 heteroatoms. The van der Waals surface area contributed by atoms with E-state index in [9.17, 15) is 0 Å². The Morgan fingerprint density at radius 2 is 1.78 bits per heavy atom. The summed E-state index contributed by atoms with van der Waals surface area (Å²) >= 11 is 12.0. The number of ether oxygens (including phenoxy) is 1. The summed E-state index contributed by atoms with van der Waals surface area (Å²) in [7, 11) is 0. The Labute approximate surface area is 230 Å². The molecule has 37 heavy (non-hydrogen) atoms. The van der Waals surface area contributed by atoms with Gasteiger partial charge >= 0.3 is 0 Å². The molecule has 0 atom stereocenters. The van der Waals surface area contributed by atoms with Gasteiger partial charge in [-0.05, 0) is 92.5 Å². The first-order valence-corrected chi connectivity index (χ1v) is 13.4. The van der Waals surface area contributed by atoms with Crippen LogP contribution in [0.15, 0.2) is 85.1 Å². The number of benzene rings is 3. The molecule has 4 aromatic rings. The van der Waals surface area contributed by atoms with Crippen molar-refractivity contribution in [3.63, 3.8) is 0 Å². The average Bonchev–Trinajstić information content (AvgIpc) is 3.32. The highest BCUT2D eigenvalue weighted by Gasteiger charge is 2.15. The van der Waals surface area contributed by atoms with Gasteiger partial charge in [0.15, 0.2) is 5.11 Å². The van der Waals surface area contributed by atoms with Gasteiger partial charge in [-0.3, -0.25) is 0 Å². The molecule has 0 spiro atoms. The van der Waals surface area contributed by atoms with Gasteiger partial charge in [-0.2, -0.15) is 0 Å². The van der Waals surface area contributed by atoms with Crippen LogP contribution in [0.1, 0.15) is 34.9 Å². The van der Waals surface area contributed by atoms with E-state index >= 15 is 0 Å². The van der Waals surface area contributed by atoms with Crippen LogP contribution < -0.4 is 10.1 Å². The summed E-state index contributed by atoms with van der Waals surface area (Å²) < 4.78 is 8.12. The number of nitrogens with one attached hydrogen (secondary N) is 1. The molecule has 4 nitrogen and oxygen atoms in total. The number of anilines is 1. The van der Waals surface area contributed by atoms with E-state index in [1.807, 2.05) is 43.3 Å². The lowest BCUT2D eigenvalue weighted by atomic mass is 10.1. The van der Waals surface area contributed by atoms with Crippen molar-refractivity contribution in [1.29, 1.82) is 0 Å². The maximum atomic E-state index is 6.10. The number of para-hydroxylation sites is 2. The fourth-order valence-corrected chi connectivity index (χ4v) is 4.75. The van der Waals surface area contributed by atoms with Gasteiger partial charge in [-0.15, -0.1) is 0 Å². The predicted octanol–water partition coefficient (Wildman–Crippen LogP) is 7.65. The highest BCUT2D eigenvalue weighted by Crippen LogP contribution is 2.25. The van der Waals surface area contributed by atoms with Gasteiger partial charge in [0, 0.05) is 30.0 Å². The van der Waals surface area contributed by atoms with Crippen LogP contribution in [0.3, 0.4) is 0 Å². The molecule has 1 N–H and O–H groups in total. The van der Waals surface area contributed by atoms with Gasteiger partial charge in [0.25, 0.3) is 0 Å². The van der Waals surface area contributed by atoms with Gasteiger partial charge in [0.1, 0.15) is 5.75 Å². The molecule has 3 aromatic carbocycles. The van der Waals surface area contributed by atoms with Crippen molar-refractivity contribution in [3.05, 3.63) is 118 Å². The molecule has 0 radical (unpaired) electrons. The molecule has 1 aromatic heterocycles. The number of halogens is 1. The maximum Gasteiger partial charge on any atom is 0.173 e. The summed E-state index contributed by atoms with van der Waals surface area (Å²) in [6.45, 7) is 9.17. The summed E-state index contributed by atoms with van der Waals surface area (Å²) in [6.07, 6.45) is 3.00. The summed E-state index contributed by atoms with van der Waals surface area (Å²) in [5.74, 6) is 0.795. The number of nitrogens with zero attached hydrogens (tertiary/aromatic N) is 2. The van der Waals surface area contributed by atoms with Crippen molar-refractivity contribution in [3.8, 4) is 5.75 Å². The van der Waals surface area contributed by atoms with E-state index in [2.05, 4.69) is 77.3 Å². The molecular weight excluding hydrogens is 498 g/mol. The molecule has 192 valence electrons. The van der Waals surface area contributed by atoms with Crippen LogP contribution >= 0.6 is 23.8 Å². The van der Waals surface area contributed by atoms with Crippen LogP contribution in [0.5, 0.6) is 5.75 Å². The number of rotatable bonds is 10. The Kier molecular flexibility index (Phi) is 9.26. The third kappa shape index (κ3) is 7.37. The van der Waals surface area contributed by atoms with Crippen molar-refractivity contribution in [2.45, 2.75) is 40.3 Å². The van der Waals surface area contributed by atoms with E-state index in [0.29, 0.717) is 18.3 Å². The Morgan fingerprint density at radius 1 is 1.00 bits per heavy atom. The summed E-state index contributed by atoms with van der Waals surface area (Å²) in [6, 6.07) is 26.9. The summed E-state index contributed by atoms with van der Waals surface area (Å²) in [4.78, 5) is 2.22. The zero-order valence-corrected chi connectivity index (χ0v) is 23.3. The lowest BCUT2D eigenvalue weighted by molar-refractivity contribution is 0.342. The highest BCUT2D eigenvalue weighted by atomic mass is 35.5. The van der Waals surface area contributed by atoms with Crippen LogP contribution in [0.2, 0.25) is 5.02 Å². The van der Waals surface area contributed by atoms with E-state index in [1.54, 1.807) is 0 Å². The van der Waals surface area contributed by atoms with Crippen molar-refractivity contribution >= 4 is 34.6 Å². The quantitative estimate of drug-likeness (QED) is 0.213. The minimum Gasteiger partial charge on any atom is -0.492 e. The normalized spacial score (nSPS) is 10.8. The molecule has 0 saturated heterocycles. The molecule has 0 saturated carbocycles. The molecule has 0 fully saturated rings. The fraction of sp³-hybridized carbons (Fsp3) is 0.258. The number of hydrogen-bond acceptors (Lipinski definition) is 2. The molecule has 1 heterocycles. The van der Waals surface area contributed by atoms with Crippen LogP contribution in [0, 0.1) is 13.8 Å². The average molecular weight is 532 g/mol. The minimum atomic E-state index is 0.595. The Morgan fingerprint density at radius 3 is 2.54 bits per heavy atom. The van der Waals surface area contributed by atoms with Gasteiger partial charge in [-0.1, -0.05) is 59.6 Å². The SMILES string of the molecule is CCOc1ccccc1NC(=S)N(CCc1ccc(Cl)cc1)Cc1cccn1Cc1ccc(C)cc1C. The van der Waals surface area contributed by atoms with Gasteiger partial charge in [0.2, 0.25) is 0 Å². The number of aromatic nitrogens is 1. The van der Waals surface area contributed by atoms with E-state index < -0.39 is 0 Å². The molecule has 0 amide bonds. The van der Waals surface area contributed by atoms with E-state index in [-0.39, 0.29) is 0 Å². The van der Waals surface area contributed by atoms with Gasteiger partial charge in [0.05, 0.1) is 18.8 Å². The standard InChI is InChI=1S/C31H34ClN3OS/c1-4-36-30-10-6-5-9-29(30)33-31(37)35(19-17-25-12-15-27(32)16-13-25)22-28-8-7-18-34(28)21-26-14-11-23(2)20-24(26)3/h5-16,18,20H,4,17,19,21-22H2,1-3H3,(H,33,37). The third-order valence-electron chi connectivity index (χ3n) is 6.41. The number of hydrogen-bond donors (Lipinski definition) is 1. The van der Waals surface area contributed by atoms with E-state index in [0.717, 1.165) is 36.0 Å². The Bertz CT molecular complexity index is 1330. The second kappa shape index (κ2) is 12.8. The second-order valence-electron chi connectivity index (χ2n) is 9.21. The highest BCUT2D eigenvalue weighted by molar-refractivity contribution is 7.80. The van der Waals surface area contributed by atoms with Crippen LogP contribution in [-0.4, -0.2) is 27.7 Å². The molecule has 0 aliphatic heterocycles. The molecule has 0 unspecified atom stereocenters. The van der Waals surface area contributed by atoms with Crippen LogP contribution in [-0.2, 0) is 19.5 Å². The topological polar surface area (TPSA) is 29.4 Å². The Balaban J connectivity index is 1.55. The lowest BCUT2D eigenvalue weighted by Gasteiger charge is -2.27. The van der Waals surface area contributed by atoms with Gasteiger partial charge in [-0.25, -0.2) is 0 Å². The molecule has 0 aliphatic rings. The smallest absolute Gasteiger partial charge is 0.173 e. The first kappa shape index (κ1) is 26.8. The fourth-order valence-electron chi connectivity index (χ4n) is 4.36. The zero-order valence-electron chi connectivity index (χ0n) is 21.7. The first-order valence-electron chi connectivity index (χ1n) is 12.6. The monoisotopic (exact) mass is 531 g/mol. The number of aryl methyl sites for hydroxylation is 2. The van der Waals surface area contributed by atoms with Crippen molar-refractivity contribution in [2.24, 2.45) is 0 Å². The first-order chi connectivity index (χ1) is 17.9. The van der Waals surface area contributed by atoms with Crippen LogP contribution in [0.4, 0.5) is 5.69 Å². The summed E-state index contributed by atoms with van der Waals surface area (Å²) in [5, 5.41) is 4.85. The summed E-state index contributed by atoms with van der Waals surface area (Å²) in [5.41, 5.74) is 7.21.